The van der Waals surface area contributed by atoms with E-state index in [0.29, 0.717) is 24.3 Å². The SMILES string of the molecule is c1ccc(OCC2CCCN(c3nccn4nc(C5CC5)cc34)C2)nc1. The van der Waals surface area contributed by atoms with Gasteiger partial charge in [0.05, 0.1) is 12.3 Å². The first-order valence-corrected chi connectivity index (χ1v) is 9.50. The fourth-order valence-corrected chi connectivity index (χ4v) is 3.78. The zero-order valence-corrected chi connectivity index (χ0v) is 14.8. The summed E-state index contributed by atoms with van der Waals surface area (Å²) in [5.41, 5.74) is 2.34. The highest BCUT2D eigenvalue weighted by molar-refractivity contribution is 5.69. The largest absolute Gasteiger partial charge is 0.477 e. The smallest absolute Gasteiger partial charge is 0.213 e. The minimum Gasteiger partial charge on any atom is -0.477 e. The van der Waals surface area contributed by atoms with Crippen molar-refractivity contribution in [3.8, 4) is 5.88 Å². The van der Waals surface area contributed by atoms with Crippen molar-refractivity contribution in [2.45, 2.75) is 31.6 Å². The Kier molecular flexibility index (Phi) is 3.96. The summed E-state index contributed by atoms with van der Waals surface area (Å²) in [5.74, 6) is 2.89. The zero-order chi connectivity index (χ0) is 17.3. The Labute approximate surface area is 152 Å². The molecule has 2 fully saturated rings. The molecule has 3 aromatic heterocycles. The quantitative estimate of drug-likeness (QED) is 0.707. The molecule has 0 radical (unpaired) electrons. The monoisotopic (exact) mass is 349 g/mol. The molecule has 5 rings (SSSR count). The van der Waals surface area contributed by atoms with E-state index in [1.54, 1.807) is 6.20 Å². The lowest BCUT2D eigenvalue weighted by molar-refractivity contribution is 0.221. The van der Waals surface area contributed by atoms with Gasteiger partial charge in [0.25, 0.3) is 0 Å². The number of ether oxygens (including phenoxy) is 1. The van der Waals surface area contributed by atoms with E-state index in [1.807, 2.05) is 35.1 Å². The molecular weight excluding hydrogens is 326 g/mol. The summed E-state index contributed by atoms with van der Waals surface area (Å²) in [7, 11) is 0. The first-order valence-electron chi connectivity index (χ1n) is 9.50. The molecule has 6 heteroatoms. The van der Waals surface area contributed by atoms with Gasteiger partial charge in [-0.2, -0.15) is 5.10 Å². The van der Waals surface area contributed by atoms with Crippen LogP contribution in [-0.4, -0.2) is 39.3 Å². The fraction of sp³-hybridized carbons (Fsp3) is 0.450. The minimum atomic E-state index is 0.485. The lowest BCUT2D eigenvalue weighted by atomic mass is 9.99. The van der Waals surface area contributed by atoms with E-state index in [4.69, 9.17) is 9.84 Å². The van der Waals surface area contributed by atoms with Crippen molar-refractivity contribution < 1.29 is 4.74 Å². The molecule has 0 N–H and O–H groups in total. The maximum atomic E-state index is 5.89. The Morgan fingerprint density at radius 3 is 2.92 bits per heavy atom. The van der Waals surface area contributed by atoms with Crippen LogP contribution >= 0.6 is 0 Å². The van der Waals surface area contributed by atoms with Crippen molar-refractivity contribution >= 4 is 11.3 Å². The molecule has 1 aliphatic carbocycles. The van der Waals surface area contributed by atoms with Gasteiger partial charge in [-0.3, -0.25) is 0 Å². The Morgan fingerprint density at radius 2 is 2.08 bits per heavy atom. The van der Waals surface area contributed by atoms with E-state index < -0.39 is 0 Å². The van der Waals surface area contributed by atoms with Crippen LogP contribution in [0.5, 0.6) is 5.88 Å². The number of hydrogen-bond donors (Lipinski definition) is 0. The van der Waals surface area contributed by atoms with Gasteiger partial charge in [-0.25, -0.2) is 14.5 Å². The number of fused-ring (bicyclic) bond motifs is 1. The van der Waals surface area contributed by atoms with Gasteiger partial charge < -0.3 is 9.64 Å². The summed E-state index contributed by atoms with van der Waals surface area (Å²) in [6.45, 7) is 2.70. The Morgan fingerprint density at radius 1 is 1.12 bits per heavy atom. The van der Waals surface area contributed by atoms with E-state index in [9.17, 15) is 0 Å². The van der Waals surface area contributed by atoms with E-state index in [0.717, 1.165) is 30.8 Å². The van der Waals surface area contributed by atoms with E-state index in [-0.39, 0.29) is 0 Å². The van der Waals surface area contributed by atoms with Crippen molar-refractivity contribution in [1.82, 2.24) is 19.6 Å². The Hall–Kier alpha value is -2.63. The molecule has 1 atom stereocenters. The van der Waals surface area contributed by atoms with Crippen molar-refractivity contribution in [2.24, 2.45) is 5.92 Å². The van der Waals surface area contributed by atoms with Gasteiger partial charge >= 0.3 is 0 Å². The maximum absolute atomic E-state index is 5.89. The van der Waals surface area contributed by atoms with Gasteiger partial charge in [0, 0.05) is 49.6 Å². The van der Waals surface area contributed by atoms with Crippen molar-refractivity contribution in [2.75, 3.05) is 24.6 Å². The molecule has 1 aliphatic heterocycles. The van der Waals surface area contributed by atoms with Crippen molar-refractivity contribution in [3.63, 3.8) is 0 Å². The second-order valence-corrected chi connectivity index (χ2v) is 7.36. The highest BCUT2D eigenvalue weighted by Crippen LogP contribution is 2.40. The number of aromatic nitrogens is 4. The van der Waals surface area contributed by atoms with Gasteiger partial charge in [-0.1, -0.05) is 6.07 Å². The molecule has 4 heterocycles. The third-order valence-electron chi connectivity index (χ3n) is 5.31. The zero-order valence-electron chi connectivity index (χ0n) is 14.8. The Bertz CT molecular complexity index is 890. The van der Waals surface area contributed by atoms with Crippen LogP contribution in [0.3, 0.4) is 0 Å². The van der Waals surface area contributed by atoms with Crippen LogP contribution in [0.2, 0.25) is 0 Å². The third kappa shape index (κ3) is 3.11. The molecule has 1 saturated heterocycles. The van der Waals surface area contributed by atoms with Gasteiger partial charge in [0.1, 0.15) is 5.52 Å². The number of anilines is 1. The molecule has 6 nitrogen and oxygen atoms in total. The molecule has 2 aliphatic rings. The maximum Gasteiger partial charge on any atom is 0.213 e. The highest BCUT2D eigenvalue weighted by Gasteiger charge is 2.28. The number of piperidine rings is 1. The molecular formula is C20H23N5O. The van der Waals surface area contributed by atoms with Crippen molar-refractivity contribution in [1.29, 1.82) is 0 Å². The summed E-state index contributed by atoms with van der Waals surface area (Å²) >= 11 is 0. The number of nitrogens with zero attached hydrogens (tertiary/aromatic N) is 5. The predicted molar refractivity (Wildman–Crippen MR) is 99.6 cm³/mol. The normalized spacial score (nSPS) is 20.5. The van der Waals surface area contributed by atoms with Crippen LogP contribution in [0.1, 0.15) is 37.3 Å². The first kappa shape index (κ1) is 15.6. The molecule has 134 valence electrons. The lowest BCUT2D eigenvalue weighted by Crippen LogP contribution is -2.38. The van der Waals surface area contributed by atoms with Gasteiger partial charge in [-0.05, 0) is 37.8 Å². The molecule has 1 unspecified atom stereocenters. The van der Waals surface area contributed by atoms with Crippen molar-refractivity contribution in [3.05, 3.63) is 48.5 Å². The van der Waals surface area contributed by atoms with Crippen LogP contribution in [0.15, 0.2) is 42.9 Å². The molecule has 0 aromatic carbocycles. The Balaban J connectivity index is 1.32. The second kappa shape index (κ2) is 6.59. The standard InChI is InChI=1S/C20H23N5O/c1-2-8-21-19(5-1)26-14-15-4-3-10-24(13-15)20-18-12-17(16-6-7-16)23-25(18)11-9-22-20/h1-2,5,8-9,11-12,15-16H,3-4,6-7,10,13-14H2. The van der Waals surface area contributed by atoms with Crippen LogP contribution in [-0.2, 0) is 0 Å². The third-order valence-corrected chi connectivity index (χ3v) is 5.31. The minimum absolute atomic E-state index is 0.485. The summed E-state index contributed by atoms with van der Waals surface area (Å²) in [6, 6.07) is 8.00. The average molecular weight is 349 g/mol. The van der Waals surface area contributed by atoms with Crippen LogP contribution < -0.4 is 9.64 Å². The molecule has 26 heavy (non-hydrogen) atoms. The molecule has 0 bridgehead atoms. The summed E-state index contributed by atoms with van der Waals surface area (Å²) < 4.78 is 7.88. The molecule has 0 spiro atoms. The summed E-state index contributed by atoms with van der Waals surface area (Å²) in [5, 5.41) is 4.74. The second-order valence-electron chi connectivity index (χ2n) is 7.36. The van der Waals surface area contributed by atoms with Crippen LogP contribution in [0, 0.1) is 5.92 Å². The molecule has 0 amide bonds. The number of hydrogen-bond acceptors (Lipinski definition) is 5. The predicted octanol–water partition coefficient (Wildman–Crippen LogP) is 3.30. The van der Waals surface area contributed by atoms with Gasteiger partial charge in [0.15, 0.2) is 5.82 Å². The summed E-state index contributed by atoms with van der Waals surface area (Å²) in [6.07, 6.45) is 10.5. The van der Waals surface area contributed by atoms with Gasteiger partial charge in [0.2, 0.25) is 5.88 Å². The first-order chi connectivity index (χ1) is 12.9. The van der Waals surface area contributed by atoms with E-state index in [2.05, 4.69) is 20.9 Å². The number of rotatable bonds is 5. The lowest BCUT2D eigenvalue weighted by Gasteiger charge is -2.33. The van der Waals surface area contributed by atoms with E-state index in [1.165, 1.54) is 25.0 Å². The molecule has 3 aromatic rings. The van der Waals surface area contributed by atoms with Crippen LogP contribution in [0.4, 0.5) is 5.82 Å². The topological polar surface area (TPSA) is 55.5 Å². The number of pyridine rings is 1. The molecule has 1 saturated carbocycles. The fourth-order valence-electron chi connectivity index (χ4n) is 3.78. The van der Waals surface area contributed by atoms with Gasteiger partial charge in [-0.15, -0.1) is 0 Å². The van der Waals surface area contributed by atoms with Crippen LogP contribution in [0.25, 0.3) is 5.52 Å². The highest BCUT2D eigenvalue weighted by atomic mass is 16.5. The summed E-state index contributed by atoms with van der Waals surface area (Å²) in [4.78, 5) is 11.3. The van der Waals surface area contributed by atoms with E-state index >= 15 is 0 Å². The average Bonchev–Trinajstić information content (AvgIpc) is 3.45.